The Balaban J connectivity index is 1.95. The largest absolute Gasteiger partial charge is 0.491 e. The van der Waals surface area contributed by atoms with Crippen molar-refractivity contribution in [3.05, 3.63) is 42.5 Å². The van der Waals surface area contributed by atoms with E-state index < -0.39 is 6.10 Å². The van der Waals surface area contributed by atoms with Crippen molar-refractivity contribution in [1.82, 2.24) is 0 Å². The third kappa shape index (κ3) is 7.40. The van der Waals surface area contributed by atoms with Crippen molar-refractivity contribution >= 4 is 0 Å². The van der Waals surface area contributed by atoms with Crippen LogP contribution in [0, 0.1) is 5.41 Å². The Morgan fingerprint density at radius 2 is 1.70 bits per heavy atom. The Labute approximate surface area is 184 Å². The predicted molar refractivity (Wildman–Crippen MR) is 125 cm³/mol. The van der Waals surface area contributed by atoms with E-state index in [0.717, 1.165) is 36.3 Å². The number of quaternary nitrogens is 1. The molecule has 170 valence electrons. The molecule has 3 atom stereocenters. The van der Waals surface area contributed by atoms with Crippen molar-refractivity contribution in [2.75, 3.05) is 32.8 Å². The maximum Gasteiger partial charge on any atom is 0.137 e. The zero-order valence-electron chi connectivity index (χ0n) is 20.3. The molecule has 1 aromatic carbocycles. The Morgan fingerprint density at radius 1 is 1.13 bits per heavy atom. The van der Waals surface area contributed by atoms with Gasteiger partial charge < -0.3 is 19.1 Å². The summed E-state index contributed by atoms with van der Waals surface area (Å²) in [7, 11) is 0. The van der Waals surface area contributed by atoms with Gasteiger partial charge >= 0.3 is 0 Å². The first-order valence-electron chi connectivity index (χ1n) is 11.4. The minimum absolute atomic E-state index is 0.112. The van der Waals surface area contributed by atoms with E-state index >= 15 is 0 Å². The van der Waals surface area contributed by atoms with Crippen LogP contribution in [0.25, 0.3) is 0 Å². The van der Waals surface area contributed by atoms with Crippen LogP contribution in [0.5, 0.6) is 5.75 Å². The molecular formula is C26H44NO3+. The van der Waals surface area contributed by atoms with Crippen LogP contribution >= 0.6 is 0 Å². The van der Waals surface area contributed by atoms with Crippen molar-refractivity contribution < 1.29 is 19.1 Å². The summed E-state index contributed by atoms with van der Waals surface area (Å²) in [6.07, 6.45) is 2.91. The number of rotatable bonds is 9. The van der Waals surface area contributed by atoms with Crippen molar-refractivity contribution in [3.8, 4) is 5.75 Å². The van der Waals surface area contributed by atoms with Gasteiger partial charge in [-0.3, -0.25) is 0 Å². The third-order valence-electron chi connectivity index (χ3n) is 5.92. The lowest BCUT2D eigenvalue weighted by atomic mass is 9.72. The fourth-order valence-corrected chi connectivity index (χ4v) is 5.42. The Morgan fingerprint density at radius 3 is 2.20 bits per heavy atom. The standard InChI is InChI=1S/C26H44NO3/c1-9-14-27(15-20(2)30-21(3)16-27)17-23(28)18-29-24-12-10-22(11-13-24)26(7,8)19-25(4,5)6/h9-13,20-21,23,28H,1,14-19H2,2-8H3/q+1/t20-,21-,23+/m1/s1. The molecule has 4 heteroatoms. The molecule has 4 nitrogen and oxygen atoms in total. The number of hydrogen-bond acceptors (Lipinski definition) is 3. The Kier molecular flexibility index (Phi) is 8.17. The van der Waals surface area contributed by atoms with E-state index in [1.807, 2.05) is 18.2 Å². The Bertz CT molecular complexity index is 665. The highest BCUT2D eigenvalue weighted by Crippen LogP contribution is 2.36. The summed E-state index contributed by atoms with van der Waals surface area (Å²) in [4.78, 5) is 0. The van der Waals surface area contributed by atoms with E-state index in [2.05, 4.69) is 67.2 Å². The summed E-state index contributed by atoms with van der Waals surface area (Å²) in [5.41, 5.74) is 1.71. The van der Waals surface area contributed by atoms with E-state index in [1.165, 1.54) is 5.56 Å². The molecule has 0 radical (unpaired) electrons. The molecule has 0 spiro atoms. The van der Waals surface area contributed by atoms with Crippen molar-refractivity contribution in [1.29, 1.82) is 0 Å². The highest BCUT2D eigenvalue weighted by atomic mass is 16.5. The first-order chi connectivity index (χ1) is 13.8. The summed E-state index contributed by atoms with van der Waals surface area (Å²) in [6, 6.07) is 8.37. The summed E-state index contributed by atoms with van der Waals surface area (Å²) < 4.78 is 12.6. The van der Waals surface area contributed by atoms with Crippen LogP contribution in [0.4, 0.5) is 0 Å². The molecule has 0 aliphatic carbocycles. The summed E-state index contributed by atoms with van der Waals surface area (Å²) in [5, 5.41) is 10.7. The number of nitrogens with zero attached hydrogens (tertiary/aromatic N) is 1. The average molecular weight is 419 g/mol. The van der Waals surface area contributed by atoms with Gasteiger partial charge in [0.1, 0.15) is 50.3 Å². The quantitative estimate of drug-likeness (QED) is 0.455. The maximum atomic E-state index is 10.7. The van der Waals surface area contributed by atoms with Gasteiger partial charge in [0.05, 0.1) is 6.54 Å². The normalized spacial score (nSPS) is 26.3. The zero-order chi connectivity index (χ0) is 22.6. The molecule has 1 aromatic rings. The van der Waals surface area contributed by atoms with Gasteiger partial charge in [-0.2, -0.15) is 0 Å². The van der Waals surface area contributed by atoms with Gasteiger partial charge in [-0.15, -0.1) is 0 Å². The van der Waals surface area contributed by atoms with Gasteiger partial charge in [0, 0.05) is 0 Å². The SMILES string of the molecule is C=CC[N+]1(C[C@H](O)COc2ccc(C(C)(C)CC(C)(C)C)cc2)C[C@@H](C)O[C@H](C)C1. The van der Waals surface area contributed by atoms with Crippen molar-refractivity contribution in [2.24, 2.45) is 5.41 Å². The number of ether oxygens (including phenoxy) is 2. The molecule has 0 bridgehead atoms. The number of aliphatic hydroxyl groups is 1. The molecule has 1 saturated heterocycles. The lowest BCUT2D eigenvalue weighted by molar-refractivity contribution is -0.938. The Hall–Kier alpha value is -1.36. The van der Waals surface area contributed by atoms with Gasteiger partial charge in [-0.1, -0.05) is 53.3 Å². The third-order valence-corrected chi connectivity index (χ3v) is 5.92. The highest BCUT2D eigenvalue weighted by molar-refractivity contribution is 5.31. The van der Waals surface area contributed by atoms with Crippen LogP contribution < -0.4 is 4.74 Å². The minimum atomic E-state index is -0.528. The zero-order valence-corrected chi connectivity index (χ0v) is 20.3. The van der Waals surface area contributed by atoms with Gasteiger partial charge in [0.25, 0.3) is 0 Å². The molecule has 0 amide bonds. The van der Waals surface area contributed by atoms with Gasteiger partial charge in [0.15, 0.2) is 0 Å². The average Bonchev–Trinajstić information content (AvgIpc) is 2.57. The van der Waals surface area contributed by atoms with E-state index in [1.54, 1.807) is 0 Å². The van der Waals surface area contributed by atoms with Crippen molar-refractivity contribution in [2.45, 2.75) is 78.6 Å². The van der Waals surface area contributed by atoms with Gasteiger partial charge in [-0.25, -0.2) is 0 Å². The molecule has 0 aromatic heterocycles. The second-order valence-electron chi connectivity index (χ2n) is 11.2. The molecule has 1 aliphatic heterocycles. The monoisotopic (exact) mass is 418 g/mol. The number of benzene rings is 1. The van der Waals surface area contributed by atoms with E-state index in [0.29, 0.717) is 13.2 Å². The summed E-state index contributed by atoms with van der Waals surface area (Å²) in [5.74, 6) is 0.809. The lowest BCUT2D eigenvalue weighted by Crippen LogP contribution is -2.62. The van der Waals surface area contributed by atoms with Crippen LogP contribution in [0.15, 0.2) is 36.9 Å². The number of hydrogen-bond donors (Lipinski definition) is 1. The lowest BCUT2D eigenvalue weighted by Gasteiger charge is -2.46. The molecule has 2 rings (SSSR count). The summed E-state index contributed by atoms with van der Waals surface area (Å²) in [6.45, 7) is 23.2. The molecule has 1 fully saturated rings. The first-order valence-corrected chi connectivity index (χ1v) is 11.4. The molecule has 1 heterocycles. The fraction of sp³-hybridized carbons (Fsp3) is 0.692. The van der Waals surface area contributed by atoms with Crippen LogP contribution in [-0.2, 0) is 10.2 Å². The first kappa shape index (κ1) is 24.9. The smallest absolute Gasteiger partial charge is 0.137 e. The predicted octanol–water partition coefficient (Wildman–Crippen LogP) is 4.95. The van der Waals surface area contributed by atoms with E-state index in [-0.39, 0.29) is 23.0 Å². The second-order valence-corrected chi connectivity index (χ2v) is 11.2. The molecule has 30 heavy (non-hydrogen) atoms. The van der Waals surface area contributed by atoms with Crippen LogP contribution in [0.2, 0.25) is 0 Å². The molecule has 0 unspecified atom stereocenters. The fourth-order valence-electron chi connectivity index (χ4n) is 5.42. The molecule has 0 saturated carbocycles. The van der Waals surface area contributed by atoms with Gasteiger partial charge in [0.2, 0.25) is 0 Å². The van der Waals surface area contributed by atoms with Crippen LogP contribution in [0.1, 0.15) is 60.5 Å². The minimum Gasteiger partial charge on any atom is -0.491 e. The van der Waals surface area contributed by atoms with E-state index in [9.17, 15) is 5.11 Å². The second kappa shape index (κ2) is 9.84. The van der Waals surface area contributed by atoms with Crippen LogP contribution in [0.3, 0.4) is 0 Å². The molecule has 1 N–H and O–H groups in total. The van der Waals surface area contributed by atoms with Crippen molar-refractivity contribution in [3.63, 3.8) is 0 Å². The summed E-state index contributed by atoms with van der Waals surface area (Å²) >= 11 is 0. The van der Waals surface area contributed by atoms with Gasteiger partial charge in [-0.05, 0) is 54.9 Å². The highest BCUT2D eigenvalue weighted by Gasteiger charge is 2.38. The van der Waals surface area contributed by atoms with Crippen LogP contribution in [-0.4, -0.2) is 60.7 Å². The maximum absolute atomic E-state index is 10.7. The topological polar surface area (TPSA) is 38.7 Å². The molecular weight excluding hydrogens is 374 g/mol. The number of morpholine rings is 1. The molecule has 1 aliphatic rings. The van der Waals surface area contributed by atoms with E-state index in [4.69, 9.17) is 9.47 Å². The number of aliphatic hydroxyl groups excluding tert-OH is 1.